The van der Waals surface area contributed by atoms with E-state index in [4.69, 9.17) is 0 Å². The van der Waals surface area contributed by atoms with Crippen molar-refractivity contribution in [3.8, 4) is 5.69 Å². The second-order valence-electron chi connectivity index (χ2n) is 2.42. The van der Waals surface area contributed by atoms with Crippen molar-refractivity contribution in [2.45, 2.75) is 0 Å². The Hall–Kier alpha value is -0.180. The van der Waals surface area contributed by atoms with E-state index < -0.39 is 0 Å². The lowest BCUT2D eigenvalue weighted by Crippen LogP contribution is -1.98. The Morgan fingerprint density at radius 1 is 1.08 bits per heavy atom. The second-order valence-corrected chi connectivity index (χ2v) is 4.46. The summed E-state index contributed by atoms with van der Waals surface area (Å²) >= 11 is 4.40. The first-order valence-corrected chi connectivity index (χ1v) is 5.77. The van der Waals surface area contributed by atoms with Gasteiger partial charge in [-0.3, -0.25) is 0 Å². The molecule has 66 valence electrons. The third-order valence-corrected chi connectivity index (χ3v) is 4.31. The highest BCUT2D eigenvalue weighted by Gasteiger charge is 2.07. The van der Waals surface area contributed by atoms with Crippen molar-refractivity contribution in [1.82, 2.24) is 15.0 Å². The van der Waals surface area contributed by atoms with E-state index in [0.29, 0.717) is 0 Å². The van der Waals surface area contributed by atoms with E-state index in [1.165, 1.54) is 0 Å². The molecule has 1 heterocycles. The summed E-state index contributed by atoms with van der Waals surface area (Å²) in [5.41, 5.74) is 1.04. The first-order valence-electron chi connectivity index (χ1n) is 3.61. The summed E-state index contributed by atoms with van der Waals surface area (Å²) in [5.74, 6) is 0. The molecule has 0 spiro atoms. The van der Waals surface area contributed by atoms with Crippen LogP contribution in [0.2, 0.25) is 0 Å². The first kappa shape index (κ1) is 9.38. The number of halogens is 2. The normalized spacial score (nSPS) is 10.3. The molecular formula is C8H5I2N3. The maximum Gasteiger partial charge on any atom is 0.157 e. The summed E-state index contributed by atoms with van der Waals surface area (Å²) in [7, 11) is 0. The van der Waals surface area contributed by atoms with Crippen molar-refractivity contribution in [2.24, 2.45) is 0 Å². The molecule has 0 saturated heterocycles. The van der Waals surface area contributed by atoms with Crippen LogP contribution in [-0.2, 0) is 0 Å². The van der Waals surface area contributed by atoms with Gasteiger partial charge in [-0.15, -0.1) is 5.10 Å². The van der Waals surface area contributed by atoms with E-state index in [-0.39, 0.29) is 0 Å². The Labute approximate surface area is 103 Å². The topological polar surface area (TPSA) is 30.7 Å². The molecule has 0 aliphatic heterocycles. The monoisotopic (exact) mass is 397 g/mol. The maximum absolute atomic E-state index is 4.04. The van der Waals surface area contributed by atoms with Crippen LogP contribution in [0.25, 0.3) is 5.69 Å². The SMILES string of the molecule is Ic1nnn(-c2ccccc2)c1I. The average molecular weight is 397 g/mol. The third-order valence-electron chi connectivity index (χ3n) is 1.58. The van der Waals surface area contributed by atoms with E-state index in [1.54, 1.807) is 0 Å². The molecule has 5 heteroatoms. The maximum atomic E-state index is 4.04. The molecule has 0 radical (unpaired) electrons. The minimum atomic E-state index is 0.932. The van der Waals surface area contributed by atoms with Crippen LogP contribution >= 0.6 is 45.2 Å². The molecule has 0 aliphatic rings. The number of nitrogens with zero attached hydrogens (tertiary/aromatic N) is 3. The van der Waals surface area contributed by atoms with E-state index in [2.05, 4.69) is 55.5 Å². The predicted octanol–water partition coefficient (Wildman–Crippen LogP) is 2.48. The fraction of sp³-hybridized carbons (Fsp3) is 0. The molecule has 3 nitrogen and oxygen atoms in total. The number of para-hydroxylation sites is 1. The molecule has 0 N–H and O–H groups in total. The van der Waals surface area contributed by atoms with Crippen LogP contribution in [0.15, 0.2) is 30.3 Å². The molecule has 0 aliphatic carbocycles. The van der Waals surface area contributed by atoms with Crippen LogP contribution < -0.4 is 0 Å². The molecule has 0 fully saturated rings. The summed E-state index contributed by atoms with van der Waals surface area (Å²) in [6, 6.07) is 9.97. The average Bonchev–Trinajstić information content (AvgIpc) is 2.49. The fourth-order valence-corrected chi connectivity index (χ4v) is 1.79. The van der Waals surface area contributed by atoms with Gasteiger partial charge in [0.15, 0.2) is 3.70 Å². The van der Waals surface area contributed by atoms with Gasteiger partial charge in [-0.05, 0) is 57.3 Å². The number of benzene rings is 1. The van der Waals surface area contributed by atoms with E-state index in [1.807, 2.05) is 35.0 Å². The Balaban J connectivity index is 2.53. The van der Waals surface area contributed by atoms with E-state index in [0.717, 1.165) is 13.1 Å². The highest BCUT2D eigenvalue weighted by molar-refractivity contribution is 14.1. The fourth-order valence-electron chi connectivity index (χ4n) is 0.986. The zero-order valence-corrected chi connectivity index (χ0v) is 10.8. The van der Waals surface area contributed by atoms with Gasteiger partial charge in [-0.25, -0.2) is 4.68 Å². The van der Waals surface area contributed by atoms with Gasteiger partial charge in [0.25, 0.3) is 0 Å². The third kappa shape index (κ3) is 1.85. The molecule has 0 unspecified atom stereocenters. The van der Waals surface area contributed by atoms with E-state index >= 15 is 0 Å². The standard InChI is InChI=1S/C8H5I2N3/c9-7-8(10)13(12-11-7)6-4-2-1-3-5-6/h1-5H. The summed E-state index contributed by atoms with van der Waals surface area (Å²) in [5, 5.41) is 8.02. The van der Waals surface area contributed by atoms with Gasteiger partial charge in [0.2, 0.25) is 0 Å². The summed E-state index contributed by atoms with van der Waals surface area (Å²) in [4.78, 5) is 0. The molecule has 0 saturated carbocycles. The van der Waals surface area contributed by atoms with Gasteiger partial charge < -0.3 is 0 Å². The second kappa shape index (κ2) is 3.91. The number of hydrogen-bond donors (Lipinski definition) is 0. The predicted molar refractivity (Wildman–Crippen MR) is 66.8 cm³/mol. The minimum absolute atomic E-state index is 0.932. The van der Waals surface area contributed by atoms with Gasteiger partial charge in [-0.1, -0.05) is 23.4 Å². The smallest absolute Gasteiger partial charge is 0.157 e. The van der Waals surface area contributed by atoms with Crippen molar-refractivity contribution in [3.05, 3.63) is 37.7 Å². The molecular weight excluding hydrogens is 392 g/mol. The number of rotatable bonds is 1. The molecule has 0 atom stereocenters. The largest absolute Gasteiger partial charge is 0.206 e. The molecule has 0 amide bonds. The van der Waals surface area contributed by atoms with Gasteiger partial charge in [0, 0.05) is 0 Å². The zero-order valence-electron chi connectivity index (χ0n) is 6.48. The van der Waals surface area contributed by atoms with Crippen LogP contribution in [0.1, 0.15) is 0 Å². The molecule has 1 aromatic carbocycles. The Morgan fingerprint density at radius 2 is 1.77 bits per heavy atom. The zero-order chi connectivity index (χ0) is 9.26. The van der Waals surface area contributed by atoms with Crippen molar-refractivity contribution >= 4 is 45.2 Å². The van der Waals surface area contributed by atoms with Crippen molar-refractivity contribution in [1.29, 1.82) is 0 Å². The quantitative estimate of drug-likeness (QED) is 0.693. The lowest BCUT2D eigenvalue weighted by atomic mass is 10.3. The van der Waals surface area contributed by atoms with Gasteiger partial charge in [-0.2, -0.15) is 0 Å². The Kier molecular flexibility index (Phi) is 2.82. The summed E-state index contributed by atoms with van der Waals surface area (Å²) < 4.78 is 3.80. The first-order chi connectivity index (χ1) is 6.29. The molecule has 13 heavy (non-hydrogen) atoms. The minimum Gasteiger partial charge on any atom is -0.206 e. The lowest BCUT2D eigenvalue weighted by Gasteiger charge is -1.99. The lowest BCUT2D eigenvalue weighted by molar-refractivity contribution is 0.790. The highest BCUT2D eigenvalue weighted by atomic mass is 127. The van der Waals surface area contributed by atoms with Gasteiger partial charge >= 0.3 is 0 Å². The Morgan fingerprint density at radius 3 is 2.31 bits per heavy atom. The van der Waals surface area contributed by atoms with Crippen LogP contribution in [0.4, 0.5) is 0 Å². The van der Waals surface area contributed by atoms with Crippen LogP contribution in [0.5, 0.6) is 0 Å². The molecule has 0 bridgehead atoms. The van der Waals surface area contributed by atoms with Gasteiger partial charge in [0.1, 0.15) is 3.70 Å². The van der Waals surface area contributed by atoms with E-state index in [9.17, 15) is 0 Å². The van der Waals surface area contributed by atoms with Crippen LogP contribution in [0.3, 0.4) is 0 Å². The number of aromatic nitrogens is 3. The van der Waals surface area contributed by atoms with Crippen LogP contribution in [-0.4, -0.2) is 15.0 Å². The van der Waals surface area contributed by atoms with Crippen molar-refractivity contribution < 1.29 is 0 Å². The van der Waals surface area contributed by atoms with Crippen LogP contribution in [0, 0.1) is 7.40 Å². The summed E-state index contributed by atoms with van der Waals surface area (Å²) in [6.45, 7) is 0. The summed E-state index contributed by atoms with van der Waals surface area (Å²) in [6.07, 6.45) is 0. The van der Waals surface area contributed by atoms with Crippen molar-refractivity contribution in [3.63, 3.8) is 0 Å². The van der Waals surface area contributed by atoms with Gasteiger partial charge in [0.05, 0.1) is 5.69 Å². The van der Waals surface area contributed by atoms with Crippen molar-refractivity contribution in [2.75, 3.05) is 0 Å². The Bertz CT molecular complexity index is 411. The molecule has 2 rings (SSSR count). The molecule has 1 aromatic heterocycles. The number of hydrogen-bond acceptors (Lipinski definition) is 2. The molecule has 2 aromatic rings. The highest BCUT2D eigenvalue weighted by Crippen LogP contribution is 2.15.